The molecule has 0 spiro atoms. The first-order valence-electron chi connectivity index (χ1n) is 8.06. The Balaban J connectivity index is 1.71. The largest absolute Gasteiger partial charge is 0.480 e. The highest BCUT2D eigenvalue weighted by molar-refractivity contribution is 5.87. The minimum Gasteiger partial charge on any atom is -0.480 e. The minimum atomic E-state index is -0.898. The Labute approximate surface area is 120 Å². The van der Waals surface area contributed by atoms with E-state index in [1.807, 2.05) is 6.92 Å². The lowest BCUT2D eigenvalue weighted by Gasteiger charge is -2.55. The van der Waals surface area contributed by atoms with Crippen LogP contribution in [-0.2, 0) is 9.59 Å². The molecular formula is C16H25NO3. The first-order chi connectivity index (χ1) is 9.52. The van der Waals surface area contributed by atoms with E-state index in [-0.39, 0.29) is 11.3 Å². The molecule has 112 valence electrons. The second-order valence-electron chi connectivity index (χ2n) is 7.35. The van der Waals surface area contributed by atoms with Gasteiger partial charge in [-0.3, -0.25) is 4.79 Å². The van der Waals surface area contributed by atoms with E-state index in [0.29, 0.717) is 24.2 Å². The molecule has 1 amide bonds. The summed E-state index contributed by atoms with van der Waals surface area (Å²) in [5, 5.41) is 12.1. The van der Waals surface area contributed by atoms with Gasteiger partial charge in [-0.1, -0.05) is 13.3 Å². The van der Waals surface area contributed by atoms with Crippen LogP contribution < -0.4 is 5.32 Å². The molecule has 0 unspecified atom stereocenters. The summed E-state index contributed by atoms with van der Waals surface area (Å²) in [6.45, 7) is 1.95. The number of carbonyl (C=O) groups is 2. The van der Waals surface area contributed by atoms with Gasteiger partial charge in [-0.25, -0.2) is 4.79 Å². The van der Waals surface area contributed by atoms with Crippen molar-refractivity contribution in [1.29, 1.82) is 0 Å². The highest BCUT2D eigenvalue weighted by Gasteiger charge is 2.54. The van der Waals surface area contributed by atoms with Gasteiger partial charge in [-0.2, -0.15) is 0 Å². The predicted octanol–water partition coefficient (Wildman–Crippen LogP) is 2.57. The van der Waals surface area contributed by atoms with Crippen molar-refractivity contribution in [1.82, 2.24) is 5.32 Å². The maximum Gasteiger partial charge on any atom is 0.326 e. The molecule has 0 heterocycles. The van der Waals surface area contributed by atoms with Gasteiger partial charge in [0.2, 0.25) is 5.91 Å². The maximum absolute atomic E-state index is 12.7. The van der Waals surface area contributed by atoms with Gasteiger partial charge < -0.3 is 10.4 Å². The fourth-order valence-electron chi connectivity index (χ4n) is 5.25. The van der Waals surface area contributed by atoms with Crippen LogP contribution in [0.3, 0.4) is 0 Å². The van der Waals surface area contributed by atoms with E-state index in [4.69, 9.17) is 0 Å². The summed E-state index contributed by atoms with van der Waals surface area (Å²) in [5.41, 5.74) is -0.240. The molecule has 4 aliphatic carbocycles. The van der Waals surface area contributed by atoms with Gasteiger partial charge in [-0.05, 0) is 62.7 Å². The number of carboxylic acid groups (broad SMARTS) is 1. The summed E-state index contributed by atoms with van der Waals surface area (Å²) in [4.78, 5) is 23.9. The topological polar surface area (TPSA) is 66.4 Å². The third-order valence-corrected chi connectivity index (χ3v) is 5.70. The monoisotopic (exact) mass is 279 g/mol. The summed E-state index contributed by atoms with van der Waals surface area (Å²) < 4.78 is 0. The molecule has 4 rings (SSSR count). The molecule has 0 aromatic rings. The quantitative estimate of drug-likeness (QED) is 0.813. The van der Waals surface area contributed by atoms with Gasteiger partial charge in [-0.15, -0.1) is 0 Å². The van der Waals surface area contributed by atoms with Gasteiger partial charge in [0.1, 0.15) is 6.04 Å². The SMILES string of the molecule is CCC[C@@H](NC(=O)C12CC3CC(CC(C3)C1)C2)C(=O)O. The Morgan fingerprint density at radius 3 is 2.05 bits per heavy atom. The molecule has 0 aromatic carbocycles. The van der Waals surface area contributed by atoms with Crippen molar-refractivity contribution in [3.05, 3.63) is 0 Å². The van der Waals surface area contributed by atoms with Crippen LogP contribution in [0.4, 0.5) is 0 Å². The number of amides is 1. The second-order valence-corrected chi connectivity index (χ2v) is 7.35. The third-order valence-electron chi connectivity index (χ3n) is 5.70. The van der Waals surface area contributed by atoms with Gasteiger partial charge in [0, 0.05) is 5.41 Å². The van der Waals surface area contributed by atoms with Crippen LogP contribution >= 0.6 is 0 Å². The van der Waals surface area contributed by atoms with Crippen molar-refractivity contribution in [3.8, 4) is 0 Å². The summed E-state index contributed by atoms with van der Waals surface area (Å²) >= 11 is 0. The van der Waals surface area contributed by atoms with Crippen LogP contribution in [0.1, 0.15) is 58.3 Å². The summed E-state index contributed by atoms with van der Waals surface area (Å²) in [5.74, 6) is 1.26. The molecule has 20 heavy (non-hydrogen) atoms. The van der Waals surface area contributed by atoms with Crippen LogP contribution in [0.5, 0.6) is 0 Å². The molecule has 0 radical (unpaired) electrons. The van der Waals surface area contributed by atoms with E-state index < -0.39 is 12.0 Å². The molecule has 2 N–H and O–H groups in total. The lowest BCUT2D eigenvalue weighted by atomic mass is 9.49. The molecule has 4 nitrogen and oxygen atoms in total. The number of aliphatic carboxylic acids is 1. The number of nitrogens with one attached hydrogen (secondary N) is 1. The first-order valence-corrected chi connectivity index (χ1v) is 8.06. The van der Waals surface area contributed by atoms with Crippen molar-refractivity contribution < 1.29 is 14.7 Å². The number of hydrogen-bond acceptors (Lipinski definition) is 2. The van der Waals surface area contributed by atoms with Crippen LogP contribution in [0.15, 0.2) is 0 Å². The van der Waals surface area contributed by atoms with E-state index >= 15 is 0 Å². The van der Waals surface area contributed by atoms with Crippen molar-refractivity contribution >= 4 is 11.9 Å². The van der Waals surface area contributed by atoms with Gasteiger partial charge in [0.25, 0.3) is 0 Å². The van der Waals surface area contributed by atoms with Gasteiger partial charge in [0.05, 0.1) is 0 Å². The van der Waals surface area contributed by atoms with Crippen molar-refractivity contribution in [2.75, 3.05) is 0 Å². The Morgan fingerprint density at radius 2 is 1.65 bits per heavy atom. The van der Waals surface area contributed by atoms with Crippen LogP contribution in [-0.4, -0.2) is 23.0 Å². The molecule has 4 fully saturated rings. The zero-order chi connectivity index (χ0) is 14.3. The third kappa shape index (κ3) is 2.33. The van der Waals surface area contributed by atoms with Crippen LogP contribution in [0.25, 0.3) is 0 Å². The molecule has 4 aliphatic rings. The molecular weight excluding hydrogens is 254 g/mol. The Kier molecular flexibility index (Phi) is 3.51. The number of hydrogen-bond donors (Lipinski definition) is 2. The Hall–Kier alpha value is -1.06. The average molecular weight is 279 g/mol. The first kappa shape index (κ1) is 13.9. The summed E-state index contributed by atoms with van der Waals surface area (Å²) in [7, 11) is 0. The normalized spacial score (nSPS) is 39.5. The molecule has 0 saturated heterocycles. The van der Waals surface area contributed by atoms with Gasteiger partial charge >= 0.3 is 5.97 Å². The maximum atomic E-state index is 12.7. The highest BCUT2D eigenvalue weighted by atomic mass is 16.4. The lowest BCUT2D eigenvalue weighted by Crippen LogP contribution is -2.56. The molecule has 4 saturated carbocycles. The minimum absolute atomic E-state index is 0.0254. The van der Waals surface area contributed by atoms with E-state index in [2.05, 4.69) is 5.32 Å². The van der Waals surface area contributed by atoms with E-state index in [9.17, 15) is 14.7 Å². The zero-order valence-corrected chi connectivity index (χ0v) is 12.2. The fourth-order valence-corrected chi connectivity index (χ4v) is 5.25. The fraction of sp³-hybridized carbons (Fsp3) is 0.875. The van der Waals surface area contributed by atoms with E-state index in [0.717, 1.165) is 25.7 Å². The Bertz CT molecular complexity index is 383. The smallest absolute Gasteiger partial charge is 0.326 e. The highest BCUT2D eigenvalue weighted by Crippen LogP contribution is 2.60. The average Bonchev–Trinajstić information content (AvgIpc) is 2.36. The van der Waals surface area contributed by atoms with Crippen LogP contribution in [0, 0.1) is 23.2 Å². The van der Waals surface area contributed by atoms with Crippen LogP contribution in [0.2, 0.25) is 0 Å². The number of rotatable bonds is 5. The number of carbonyl (C=O) groups excluding carboxylic acids is 1. The molecule has 4 bridgehead atoms. The van der Waals surface area contributed by atoms with Crippen molar-refractivity contribution in [2.45, 2.75) is 64.3 Å². The number of carboxylic acids is 1. The van der Waals surface area contributed by atoms with Crippen molar-refractivity contribution in [3.63, 3.8) is 0 Å². The van der Waals surface area contributed by atoms with Gasteiger partial charge in [0.15, 0.2) is 0 Å². The molecule has 1 atom stereocenters. The summed E-state index contributed by atoms with van der Waals surface area (Å²) in [6, 6.07) is -0.708. The molecule has 4 heteroatoms. The molecule has 0 aromatic heterocycles. The standard InChI is InChI=1S/C16H25NO3/c1-2-3-13(14(18)19)17-15(20)16-7-10-4-11(8-16)6-12(5-10)9-16/h10-13H,2-9H2,1H3,(H,17,20)(H,18,19)/t10?,11?,12?,13-,16?/m1/s1. The second kappa shape index (κ2) is 5.05. The van der Waals surface area contributed by atoms with Crippen molar-refractivity contribution in [2.24, 2.45) is 23.2 Å². The zero-order valence-electron chi connectivity index (χ0n) is 12.2. The summed E-state index contributed by atoms with van der Waals surface area (Å²) in [6.07, 6.45) is 8.15. The Morgan fingerprint density at radius 1 is 1.15 bits per heavy atom. The van der Waals surface area contributed by atoms with E-state index in [1.165, 1.54) is 19.3 Å². The molecule has 0 aliphatic heterocycles. The van der Waals surface area contributed by atoms with E-state index in [1.54, 1.807) is 0 Å². The predicted molar refractivity (Wildman–Crippen MR) is 75.1 cm³/mol. The lowest BCUT2D eigenvalue weighted by molar-refractivity contribution is -0.151.